The Hall–Kier alpha value is -2.68. The Bertz CT molecular complexity index is 852. The molecule has 0 spiro atoms. The summed E-state index contributed by atoms with van der Waals surface area (Å²) in [4.78, 5) is 22.8. The maximum Gasteiger partial charge on any atom is 0.269 e. The quantitative estimate of drug-likeness (QED) is 0.160. The first-order valence-corrected chi connectivity index (χ1v) is 11.7. The molecule has 0 aliphatic rings. The summed E-state index contributed by atoms with van der Waals surface area (Å²) >= 11 is 1.34. The Balaban J connectivity index is 1.72. The van der Waals surface area contributed by atoms with Crippen LogP contribution in [0.15, 0.2) is 35.2 Å². The summed E-state index contributed by atoms with van der Waals surface area (Å²) in [5, 5.41) is 33.9. The monoisotopic (exact) mass is 449 g/mol. The molecule has 0 aliphatic carbocycles. The van der Waals surface area contributed by atoms with Crippen LogP contribution in [0, 0.1) is 10.1 Å². The molecule has 0 aliphatic heterocycles. The van der Waals surface area contributed by atoms with E-state index in [9.17, 15) is 25.1 Å². The Morgan fingerprint density at radius 3 is 2.39 bits per heavy atom. The van der Waals surface area contributed by atoms with Gasteiger partial charge in [0, 0.05) is 42.6 Å². The molecule has 0 saturated heterocycles. The lowest BCUT2D eigenvalue weighted by Gasteiger charge is -2.08. The average molecular weight is 450 g/mol. The molecule has 2 rings (SSSR count). The number of aromatic hydroxyl groups is 2. The number of thioether (sulfide) groups is 1. The number of carbonyl (C=O) groups is 1. The lowest BCUT2D eigenvalue weighted by Crippen LogP contribution is -2.25. The molecule has 0 atom stereocenters. The highest BCUT2D eigenvalue weighted by atomic mass is 32.2. The minimum atomic E-state index is -0.514. The van der Waals surface area contributed by atoms with E-state index in [4.69, 9.17) is 0 Å². The second-order valence-electron chi connectivity index (χ2n) is 7.37. The summed E-state index contributed by atoms with van der Waals surface area (Å²) < 4.78 is 1.52. The van der Waals surface area contributed by atoms with E-state index in [0.717, 1.165) is 12.8 Å². The van der Waals surface area contributed by atoms with Crippen LogP contribution in [0.5, 0.6) is 11.8 Å². The second kappa shape index (κ2) is 12.9. The van der Waals surface area contributed by atoms with E-state index in [2.05, 4.69) is 12.2 Å². The van der Waals surface area contributed by atoms with Crippen LogP contribution < -0.4 is 5.32 Å². The van der Waals surface area contributed by atoms with E-state index in [1.54, 1.807) is 6.07 Å². The summed E-state index contributed by atoms with van der Waals surface area (Å²) in [6.07, 6.45) is 8.12. The highest BCUT2D eigenvalue weighted by Crippen LogP contribution is 2.35. The molecule has 1 heterocycles. The first-order valence-electron chi connectivity index (χ1n) is 10.7. The van der Waals surface area contributed by atoms with Crippen molar-refractivity contribution in [3.05, 3.63) is 46.0 Å². The minimum Gasteiger partial charge on any atom is -0.494 e. The van der Waals surface area contributed by atoms with Gasteiger partial charge in [-0.05, 0) is 18.6 Å². The van der Waals surface area contributed by atoms with Gasteiger partial charge in [0.05, 0.1) is 9.82 Å². The van der Waals surface area contributed by atoms with Gasteiger partial charge in [-0.15, -0.1) is 11.8 Å². The van der Waals surface area contributed by atoms with Gasteiger partial charge < -0.3 is 15.5 Å². The SMILES string of the molecule is CCCCCCCCCn1c(O)cc(SCCNC(=O)c2ccc([N+](=O)[O-])cc2)c1O. The van der Waals surface area contributed by atoms with Gasteiger partial charge in [0.2, 0.25) is 5.88 Å². The van der Waals surface area contributed by atoms with Gasteiger partial charge in [0.25, 0.3) is 11.6 Å². The number of nitro benzene ring substituents is 1. The zero-order valence-corrected chi connectivity index (χ0v) is 18.7. The number of carbonyl (C=O) groups excluding carboxylic acids is 1. The summed E-state index contributed by atoms with van der Waals surface area (Å²) in [7, 11) is 0. The zero-order valence-electron chi connectivity index (χ0n) is 17.9. The van der Waals surface area contributed by atoms with Gasteiger partial charge in [-0.1, -0.05) is 45.4 Å². The van der Waals surface area contributed by atoms with Crippen LogP contribution in [0.1, 0.15) is 62.2 Å². The molecule has 0 radical (unpaired) electrons. The summed E-state index contributed by atoms with van der Waals surface area (Å²) in [6, 6.07) is 6.94. The Labute approximate surface area is 186 Å². The fraction of sp³-hybridized carbons (Fsp3) is 0.500. The van der Waals surface area contributed by atoms with E-state index < -0.39 is 4.92 Å². The van der Waals surface area contributed by atoms with Crippen molar-refractivity contribution in [3.8, 4) is 11.8 Å². The highest BCUT2D eigenvalue weighted by molar-refractivity contribution is 7.99. The first-order chi connectivity index (χ1) is 14.9. The Morgan fingerprint density at radius 1 is 1.10 bits per heavy atom. The predicted octanol–water partition coefficient (Wildman–Crippen LogP) is 5.08. The molecule has 1 aromatic carbocycles. The molecular formula is C22H31N3O5S. The molecule has 0 bridgehead atoms. The number of aromatic nitrogens is 1. The lowest BCUT2D eigenvalue weighted by atomic mass is 10.1. The molecule has 2 aromatic rings. The molecule has 0 saturated carbocycles. The molecule has 9 heteroatoms. The molecule has 8 nitrogen and oxygen atoms in total. The molecular weight excluding hydrogens is 418 g/mol. The van der Waals surface area contributed by atoms with Crippen molar-refractivity contribution < 1.29 is 19.9 Å². The van der Waals surface area contributed by atoms with Crippen molar-refractivity contribution in [1.29, 1.82) is 0 Å². The van der Waals surface area contributed by atoms with Gasteiger partial charge in [0.1, 0.15) is 0 Å². The topological polar surface area (TPSA) is 118 Å². The number of non-ortho nitro benzene ring substituents is 1. The van der Waals surface area contributed by atoms with Crippen molar-refractivity contribution >= 4 is 23.4 Å². The normalized spacial score (nSPS) is 10.9. The Kier molecular flexibility index (Phi) is 10.2. The van der Waals surface area contributed by atoms with E-state index in [1.807, 2.05) is 0 Å². The number of hydrogen-bond donors (Lipinski definition) is 3. The van der Waals surface area contributed by atoms with Gasteiger partial charge in [-0.2, -0.15) is 0 Å². The molecule has 170 valence electrons. The third kappa shape index (κ3) is 7.82. The van der Waals surface area contributed by atoms with Crippen LogP contribution in [0.3, 0.4) is 0 Å². The fourth-order valence-electron chi connectivity index (χ4n) is 3.22. The van der Waals surface area contributed by atoms with Crippen molar-refractivity contribution in [2.24, 2.45) is 0 Å². The summed E-state index contributed by atoms with van der Waals surface area (Å²) in [5.41, 5.74) is 0.278. The third-order valence-corrected chi connectivity index (χ3v) is 6.00. The van der Waals surface area contributed by atoms with Gasteiger partial charge >= 0.3 is 0 Å². The zero-order chi connectivity index (χ0) is 22.6. The third-order valence-electron chi connectivity index (χ3n) is 4.98. The molecule has 31 heavy (non-hydrogen) atoms. The number of nitro groups is 1. The smallest absolute Gasteiger partial charge is 0.269 e. The van der Waals surface area contributed by atoms with Crippen LogP contribution in [0.4, 0.5) is 5.69 Å². The van der Waals surface area contributed by atoms with Crippen LogP contribution in [-0.4, -0.2) is 37.9 Å². The average Bonchev–Trinajstić information content (AvgIpc) is 3.03. The molecule has 1 aromatic heterocycles. The van der Waals surface area contributed by atoms with Crippen molar-refractivity contribution in [1.82, 2.24) is 9.88 Å². The number of benzene rings is 1. The van der Waals surface area contributed by atoms with Crippen molar-refractivity contribution in [2.75, 3.05) is 12.3 Å². The van der Waals surface area contributed by atoms with Gasteiger partial charge in [-0.25, -0.2) is 0 Å². The summed E-state index contributed by atoms with van der Waals surface area (Å²) in [6.45, 7) is 3.12. The maximum atomic E-state index is 12.1. The van der Waals surface area contributed by atoms with Crippen LogP contribution in [0.2, 0.25) is 0 Å². The van der Waals surface area contributed by atoms with E-state index >= 15 is 0 Å². The largest absolute Gasteiger partial charge is 0.494 e. The molecule has 3 N–H and O–H groups in total. The minimum absolute atomic E-state index is 0.0425. The standard InChI is InChI=1S/C22H31N3O5S/c1-2-3-4-5-6-7-8-14-24-20(26)16-19(22(24)28)31-15-13-23-21(27)17-9-11-18(12-10-17)25(29)30/h9-12,16,26,28H,2-8,13-15H2,1H3,(H,23,27). The maximum absolute atomic E-state index is 12.1. The molecule has 0 fully saturated rings. The number of rotatable bonds is 14. The molecule has 0 unspecified atom stereocenters. The van der Waals surface area contributed by atoms with Crippen molar-refractivity contribution in [2.45, 2.75) is 63.3 Å². The van der Waals surface area contributed by atoms with Gasteiger partial charge in [0.15, 0.2) is 5.88 Å². The lowest BCUT2D eigenvalue weighted by molar-refractivity contribution is -0.384. The van der Waals surface area contributed by atoms with E-state index in [-0.39, 0.29) is 23.4 Å². The number of unbranched alkanes of at least 4 members (excludes halogenated alkanes) is 6. The summed E-state index contributed by atoms with van der Waals surface area (Å²) in [5.74, 6) is 0.280. The Morgan fingerprint density at radius 2 is 1.74 bits per heavy atom. The number of nitrogens with zero attached hydrogens (tertiary/aromatic N) is 2. The number of amides is 1. The van der Waals surface area contributed by atoms with Gasteiger partial charge in [-0.3, -0.25) is 19.5 Å². The number of hydrogen-bond acceptors (Lipinski definition) is 6. The van der Waals surface area contributed by atoms with E-state index in [1.165, 1.54) is 72.7 Å². The fourth-order valence-corrected chi connectivity index (χ4v) is 4.07. The second-order valence-corrected chi connectivity index (χ2v) is 8.51. The highest BCUT2D eigenvalue weighted by Gasteiger charge is 2.14. The van der Waals surface area contributed by atoms with E-state index in [0.29, 0.717) is 29.3 Å². The number of nitrogens with one attached hydrogen (secondary N) is 1. The van der Waals surface area contributed by atoms with Crippen molar-refractivity contribution in [3.63, 3.8) is 0 Å². The predicted molar refractivity (Wildman–Crippen MR) is 122 cm³/mol. The van der Waals surface area contributed by atoms with Crippen LogP contribution >= 0.6 is 11.8 Å². The first kappa shape index (κ1) is 24.6. The van der Waals surface area contributed by atoms with Crippen LogP contribution in [-0.2, 0) is 6.54 Å². The van der Waals surface area contributed by atoms with Crippen LogP contribution in [0.25, 0.3) is 0 Å². The molecule has 1 amide bonds.